The number of rotatable bonds is 7. The first-order valence-electron chi connectivity index (χ1n) is 9.85. The van der Waals surface area contributed by atoms with Crippen LogP contribution in [0.2, 0.25) is 0 Å². The van der Waals surface area contributed by atoms with Crippen molar-refractivity contribution in [1.29, 1.82) is 0 Å². The highest BCUT2D eigenvalue weighted by Crippen LogP contribution is 2.29. The van der Waals surface area contributed by atoms with Crippen LogP contribution in [0, 0.1) is 5.92 Å². The summed E-state index contributed by atoms with van der Waals surface area (Å²) in [5.41, 5.74) is 0.670. The maximum absolute atomic E-state index is 12.6. The Labute approximate surface area is 166 Å². The first-order valence-corrected chi connectivity index (χ1v) is 10.7. The molecule has 1 aliphatic rings. The molecule has 4 nitrogen and oxygen atoms in total. The molecule has 1 aromatic carbocycles. The Kier molecular flexibility index (Phi) is 6.91. The fourth-order valence-electron chi connectivity index (χ4n) is 3.48. The van der Waals surface area contributed by atoms with Crippen LogP contribution in [0.25, 0.3) is 0 Å². The number of hydrogen-bond acceptors (Lipinski definition) is 4. The van der Waals surface area contributed by atoms with E-state index in [9.17, 15) is 4.79 Å². The number of nitrogens with zero attached hydrogens (tertiary/aromatic N) is 1. The third kappa shape index (κ3) is 5.56. The van der Waals surface area contributed by atoms with Gasteiger partial charge in [0.05, 0.1) is 12.1 Å². The number of amides is 1. The van der Waals surface area contributed by atoms with Crippen molar-refractivity contribution in [3.8, 4) is 5.75 Å². The van der Waals surface area contributed by atoms with Gasteiger partial charge in [-0.15, -0.1) is 11.3 Å². The molecule has 3 rings (SSSR count). The first-order chi connectivity index (χ1) is 13.0. The van der Waals surface area contributed by atoms with E-state index >= 15 is 0 Å². The molecule has 0 unspecified atom stereocenters. The molecule has 0 aliphatic carbocycles. The Morgan fingerprint density at radius 3 is 2.52 bits per heavy atom. The lowest BCUT2D eigenvalue weighted by molar-refractivity contribution is 0.0915. The van der Waals surface area contributed by atoms with E-state index in [0.717, 1.165) is 24.8 Å². The van der Waals surface area contributed by atoms with E-state index in [1.807, 2.05) is 38.1 Å². The monoisotopic (exact) mass is 386 g/mol. The van der Waals surface area contributed by atoms with Gasteiger partial charge in [-0.25, -0.2) is 0 Å². The van der Waals surface area contributed by atoms with Crippen LogP contribution in [0.3, 0.4) is 0 Å². The summed E-state index contributed by atoms with van der Waals surface area (Å²) in [6.45, 7) is 9.14. The summed E-state index contributed by atoms with van der Waals surface area (Å²) in [5, 5.41) is 5.26. The van der Waals surface area contributed by atoms with E-state index in [0.29, 0.717) is 12.1 Å². The lowest BCUT2D eigenvalue weighted by atomic mass is 9.97. The average Bonchev–Trinajstić information content (AvgIpc) is 3.18. The number of carbonyl (C=O) groups excluding carboxylic acids is 1. The number of benzene rings is 1. The molecule has 1 atom stereocenters. The highest BCUT2D eigenvalue weighted by molar-refractivity contribution is 7.10. The van der Waals surface area contributed by atoms with Gasteiger partial charge >= 0.3 is 0 Å². The molecule has 146 valence electrons. The summed E-state index contributed by atoms with van der Waals surface area (Å²) in [5.74, 6) is 1.56. The summed E-state index contributed by atoms with van der Waals surface area (Å²) >= 11 is 1.77. The van der Waals surface area contributed by atoms with Crippen molar-refractivity contribution in [2.75, 3.05) is 19.6 Å². The minimum Gasteiger partial charge on any atom is -0.491 e. The van der Waals surface area contributed by atoms with Crippen LogP contribution in [0.1, 0.15) is 54.9 Å². The largest absolute Gasteiger partial charge is 0.491 e. The van der Waals surface area contributed by atoms with Crippen LogP contribution >= 0.6 is 11.3 Å². The zero-order valence-corrected chi connectivity index (χ0v) is 17.3. The van der Waals surface area contributed by atoms with Crippen molar-refractivity contribution in [2.24, 2.45) is 5.92 Å². The standard InChI is InChI=1S/C22H30N2O2S/c1-16(2)26-19-8-6-18(7-9-19)22(25)23-15-20(21-5-4-14-27-21)24-12-10-17(3)11-13-24/h4-9,14,16-17,20H,10-13,15H2,1-3H3,(H,23,25)/t20-/m0/s1. The lowest BCUT2D eigenvalue weighted by Gasteiger charge is -2.36. The van der Waals surface area contributed by atoms with Gasteiger partial charge in [0.2, 0.25) is 0 Å². The van der Waals surface area contributed by atoms with Gasteiger partial charge in [0, 0.05) is 17.0 Å². The summed E-state index contributed by atoms with van der Waals surface area (Å²) in [4.78, 5) is 16.5. The van der Waals surface area contributed by atoms with Gasteiger partial charge in [-0.2, -0.15) is 0 Å². The number of piperidine rings is 1. The quantitative estimate of drug-likeness (QED) is 0.747. The summed E-state index contributed by atoms with van der Waals surface area (Å²) in [6.07, 6.45) is 2.59. The molecule has 0 radical (unpaired) electrons. The molecule has 1 aromatic heterocycles. The zero-order chi connectivity index (χ0) is 19.2. The lowest BCUT2D eigenvalue weighted by Crippen LogP contribution is -2.41. The highest BCUT2D eigenvalue weighted by atomic mass is 32.1. The van der Waals surface area contributed by atoms with E-state index in [2.05, 4.69) is 34.7 Å². The van der Waals surface area contributed by atoms with Crippen molar-refractivity contribution < 1.29 is 9.53 Å². The molecule has 0 spiro atoms. The number of thiophene rings is 1. The van der Waals surface area contributed by atoms with Gasteiger partial charge < -0.3 is 10.1 Å². The number of ether oxygens (including phenoxy) is 1. The normalized spacial score (nSPS) is 17.0. The van der Waals surface area contributed by atoms with E-state index in [1.165, 1.54) is 17.7 Å². The maximum atomic E-state index is 12.6. The topological polar surface area (TPSA) is 41.6 Å². The Balaban J connectivity index is 1.62. The van der Waals surface area contributed by atoms with Gasteiger partial charge in [0.1, 0.15) is 5.75 Å². The van der Waals surface area contributed by atoms with Crippen LogP contribution in [0.4, 0.5) is 0 Å². The van der Waals surface area contributed by atoms with E-state index in [4.69, 9.17) is 4.74 Å². The Morgan fingerprint density at radius 1 is 1.22 bits per heavy atom. The van der Waals surface area contributed by atoms with Crippen molar-refractivity contribution in [3.05, 3.63) is 52.2 Å². The Morgan fingerprint density at radius 2 is 1.93 bits per heavy atom. The number of nitrogens with one attached hydrogen (secondary N) is 1. The molecular formula is C22H30N2O2S. The second-order valence-corrected chi connectivity index (χ2v) is 8.63. The average molecular weight is 387 g/mol. The molecule has 1 aliphatic heterocycles. The summed E-state index contributed by atoms with van der Waals surface area (Å²) in [7, 11) is 0. The van der Waals surface area contributed by atoms with Gasteiger partial charge in [-0.05, 0) is 81.4 Å². The van der Waals surface area contributed by atoms with Crippen molar-refractivity contribution >= 4 is 17.2 Å². The third-order valence-corrected chi connectivity index (χ3v) is 6.05. The number of carbonyl (C=O) groups is 1. The van der Waals surface area contributed by atoms with Crippen LogP contribution < -0.4 is 10.1 Å². The Bertz CT molecular complexity index is 704. The fourth-order valence-corrected chi connectivity index (χ4v) is 4.34. The molecule has 0 bridgehead atoms. The SMILES string of the molecule is CC1CCN([C@@H](CNC(=O)c2ccc(OC(C)C)cc2)c2cccs2)CC1. The summed E-state index contributed by atoms with van der Waals surface area (Å²) in [6, 6.07) is 11.9. The van der Waals surface area contributed by atoms with Crippen LogP contribution in [0.5, 0.6) is 5.75 Å². The predicted octanol–water partition coefficient (Wildman–Crippen LogP) is 4.74. The predicted molar refractivity (Wildman–Crippen MR) is 112 cm³/mol. The highest BCUT2D eigenvalue weighted by Gasteiger charge is 2.25. The van der Waals surface area contributed by atoms with E-state index in [1.54, 1.807) is 11.3 Å². The van der Waals surface area contributed by atoms with Crippen molar-refractivity contribution in [2.45, 2.75) is 45.8 Å². The molecule has 0 saturated carbocycles. The fraction of sp³-hybridized carbons (Fsp3) is 0.500. The van der Waals surface area contributed by atoms with Gasteiger partial charge in [0.25, 0.3) is 5.91 Å². The molecule has 5 heteroatoms. The molecule has 1 amide bonds. The van der Waals surface area contributed by atoms with Crippen molar-refractivity contribution in [1.82, 2.24) is 10.2 Å². The van der Waals surface area contributed by atoms with Crippen molar-refractivity contribution in [3.63, 3.8) is 0 Å². The molecule has 1 fully saturated rings. The smallest absolute Gasteiger partial charge is 0.251 e. The molecule has 1 N–H and O–H groups in total. The number of likely N-dealkylation sites (tertiary alicyclic amines) is 1. The minimum atomic E-state index is -0.0296. The second-order valence-electron chi connectivity index (χ2n) is 7.65. The third-order valence-electron chi connectivity index (χ3n) is 5.07. The molecule has 2 aromatic rings. The molecule has 1 saturated heterocycles. The van der Waals surface area contributed by atoms with Gasteiger partial charge in [0.15, 0.2) is 0 Å². The maximum Gasteiger partial charge on any atom is 0.251 e. The van der Waals surface area contributed by atoms with Crippen LogP contribution in [-0.2, 0) is 0 Å². The first kappa shape index (κ1) is 19.9. The minimum absolute atomic E-state index is 0.0296. The molecule has 27 heavy (non-hydrogen) atoms. The van der Waals surface area contributed by atoms with Gasteiger partial charge in [-0.3, -0.25) is 9.69 Å². The van der Waals surface area contributed by atoms with E-state index in [-0.39, 0.29) is 18.1 Å². The van der Waals surface area contributed by atoms with Gasteiger partial charge in [-0.1, -0.05) is 13.0 Å². The van der Waals surface area contributed by atoms with E-state index < -0.39 is 0 Å². The van der Waals surface area contributed by atoms with Crippen LogP contribution in [0.15, 0.2) is 41.8 Å². The molecular weight excluding hydrogens is 356 g/mol. The zero-order valence-electron chi connectivity index (χ0n) is 16.5. The Hall–Kier alpha value is -1.85. The van der Waals surface area contributed by atoms with Crippen LogP contribution in [-0.4, -0.2) is 36.5 Å². The second kappa shape index (κ2) is 9.38. The summed E-state index contributed by atoms with van der Waals surface area (Å²) < 4.78 is 5.65. The molecule has 2 heterocycles. The number of hydrogen-bond donors (Lipinski definition) is 1.